The van der Waals surface area contributed by atoms with Gasteiger partial charge in [-0.05, 0) is 75.6 Å². The van der Waals surface area contributed by atoms with E-state index in [-0.39, 0.29) is 23.7 Å². The van der Waals surface area contributed by atoms with Crippen LogP contribution in [0.5, 0.6) is 0 Å². The van der Waals surface area contributed by atoms with Crippen molar-refractivity contribution in [2.24, 2.45) is 0 Å². The number of halogens is 9. The second-order valence-corrected chi connectivity index (χ2v) is 10.7. The van der Waals surface area contributed by atoms with Crippen LogP contribution in [0.25, 0.3) is 0 Å². The first-order chi connectivity index (χ1) is 19.0. The fourth-order valence-corrected chi connectivity index (χ4v) is 4.61. The number of methoxy groups -OCH3 is 1. The van der Waals surface area contributed by atoms with Crippen molar-refractivity contribution in [1.82, 2.24) is 4.90 Å². The molecule has 2 atom stereocenters. The van der Waals surface area contributed by atoms with Crippen LogP contribution in [0.15, 0.2) is 36.4 Å². The van der Waals surface area contributed by atoms with E-state index < -0.39 is 77.2 Å². The molecule has 232 valence electrons. The molecule has 0 aliphatic carbocycles. The molecule has 42 heavy (non-hydrogen) atoms. The van der Waals surface area contributed by atoms with Gasteiger partial charge in [0.2, 0.25) is 0 Å². The van der Waals surface area contributed by atoms with Crippen molar-refractivity contribution in [3.05, 3.63) is 64.2 Å². The van der Waals surface area contributed by atoms with Crippen molar-refractivity contribution < 1.29 is 58.6 Å². The number of hydrogen-bond acceptors (Lipinski definition) is 4. The molecule has 3 rings (SSSR count). The van der Waals surface area contributed by atoms with Crippen molar-refractivity contribution in [2.45, 2.75) is 76.9 Å². The predicted molar refractivity (Wildman–Crippen MR) is 131 cm³/mol. The van der Waals surface area contributed by atoms with Gasteiger partial charge in [-0.3, -0.25) is 9.80 Å². The van der Waals surface area contributed by atoms with Gasteiger partial charge in [0.1, 0.15) is 5.60 Å². The standard InChI is InChI=1S/C27H27F9N2O4/c1-14-8-20(19-7-6-16(25(28,29)30)12-21(19)38(14)23(40)42-24(2,3)4)37(22(39)41-5)13-15-9-17(26(31,32)33)11-18(10-15)27(34,35)36/h6-7,9-12,14,20H,8,13H2,1-5H3. The molecule has 0 aromatic heterocycles. The molecular formula is C27H27F9N2O4. The highest BCUT2D eigenvalue weighted by molar-refractivity contribution is 5.91. The number of hydrogen-bond donors (Lipinski definition) is 0. The van der Waals surface area contributed by atoms with E-state index in [1.807, 2.05) is 0 Å². The zero-order valence-electron chi connectivity index (χ0n) is 23.0. The first-order valence-electron chi connectivity index (χ1n) is 12.4. The van der Waals surface area contributed by atoms with Gasteiger partial charge in [-0.25, -0.2) is 9.59 Å². The van der Waals surface area contributed by atoms with Gasteiger partial charge in [0.15, 0.2) is 0 Å². The van der Waals surface area contributed by atoms with Gasteiger partial charge in [-0.1, -0.05) is 6.07 Å². The van der Waals surface area contributed by atoms with Gasteiger partial charge in [0.25, 0.3) is 0 Å². The Morgan fingerprint density at radius 1 is 0.857 bits per heavy atom. The van der Waals surface area contributed by atoms with Crippen LogP contribution in [-0.4, -0.2) is 35.8 Å². The van der Waals surface area contributed by atoms with E-state index in [0.29, 0.717) is 24.3 Å². The summed E-state index contributed by atoms with van der Waals surface area (Å²) in [6, 6.07) is 1.03. The van der Waals surface area contributed by atoms with E-state index in [1.54, 1.807) is 20.8 Å². The molecule has 0 N–H and O–H groups in total. The lowest BCUT2D eigenvalue weighted by atomic mass is 9.89. The van der Waals surface area contributed by atoms with Crippen LogP contribution in [0.2, 0.25) is 0 Å². The number of carbonyl (C=O) groups is 2. The average Bonchev–Trinajstić information content (AvgIpc) is 2.83. The highest BCUT2D eigenvalue weighted by atomic mass is 19.4. The predicted octanol–water partition coefficient (Wildman–Crippen LogP) is 8.59. The molecule has 15 heteroatoms. The molecule has 2 aromatic carbocycles. The quantitative estimate of drug-likeness (QED) is 0.325. The van der Waals surface area contributed by atoms with Crippen molar-refractivity contribution >= 4 is 17.9 Å². The highest BCUT2D eigenvalue weighted by Gasteiger charge is 2.43. The Labute approximate surface area is 235 Å². The summed E-state index contributed by atoms with van der Waals surface area (Å²) in [6.45, 7) is 5.24. The number of benzene rings is 2. The van der Waals surface area contributed by atoms with Gasteiger partial charge < -0.3 is 9.47 Å². The van der Waals surface area contributed by atoms with E-state index >= 15 is 0 Å². The smallest absolute Gasteiger partial charge is 0.416 e. The summed E-state index contributed by atoms with van der Waals surface area (Å²) in [6.07, 6.45) is -17.5. The number of amides is 2. The van der Waals surface area contributed by atoms with Gasteiger partial charge >= 0.3 is 30.7 Å². The summed E-state index contributed by atoms with van der Waals surface area (Å²) in [7, 11) is 0.926. The minimum absolute atomic E-state index is 0.0274. The zero-order valence-corrected chi connectivity index (χ0v) is 23.0. The molecule has 1 heterocycles. The Balaban J connectivity index is 2.19. The molecule has 6 nitrogen and oxygen atoms in total. The fraction of sp³-hybridized carbons (Fsp3) is 0.481. The lowest BCUT2D eigenvalue weighted by Crippen LogP contribution is -2.49. The van der Waals surface area contributed by atoms with Gasteiger partial charge in [0, 0.05) is 12.6 Å². The first-order valence-corrected chi connectivity index (χ1v) is 12.4. The van der Waals surface area contributed by atoms with Crippen molar-refractivity contribution in [3.63, 3.8) is 0 Å². The number of rotatable bonds is 3. The largest absolute Gasteiger partial charge is 0.453 e. The van der Waals surface area contributed by atoms with Crippen LogP contribution in [0.3, 0.4) is 0 Å². The monoisotopic (exact) mass is 614 g/mol. The van der Waals surface area contributed by atoms with Gasteiger partial charge in [0.05, 0.1) is 35.5 Å². The van der Waals surface area contributed by atoms with Crippen molar-refractivity contribution in [1.29, 1.82) is 0 Å². The van der Waals surface area contributed by atoms with E-state index in [0.717, 1.165) is 23.0 Å². The minimum atomic E-state index is -5.15. The summed E-state index contributed by atoms with van der Waals surface area (Å²) in [5.74, 6) is 0. The molecule has 2 aromatic rings. The maximum atomic E-state index is 13.6. The summed E-state index contributed by atoms with van der Waals surface area (Å²) in [4.78, 5) is 27.7. The van der Waals surface area contributed by atoms with Crippen LogP contribution in [0.4, 0.5) is 54.8 Å². The maximum Gasteiger partial charge on any atom is 0.416 e. The van der Waals surface area contributed by atoms with Crippen molar-refractivity contribution in [2.75, 3.05) is 12.0 Å². The molecule has 2 unspecified atom stereocenters. The Bertz CT molecular complexity index is 1300. The lowest BCUT2D eigenvalue weighted by molar-refractivity contribution is -0.143. The fourth-order valence-electron chi connectivity index (χ4n) is 4.61. The first kappa shape index (κ1) is 32.9. The lowest BCUT2D eigenvalue weighted by Gasteiger charge is -2.43. The Morgan fingerprint density at radius 3 is 1.83 bits per heavy atom. The molecule has 0 saturated carbocycles. The van der Waals surface area contributed by atoms with Crippen LogP contribution < -0.4 is 4.90 Å². The van der Waals surface area contributed by atoms with Crippen molar-refractivity contribution in [3.8, 4) is 0 Å². The van der Waals surface area contributed by atoms with Gasteiger partial charge in [-0.15, -0.1) is 0 Å². The molecule has 0 fully saturated rings. The Kier molecular flexibility index (Phi) is 8.77. The average molecular weight is 615 g/mol. The molecule has 1 aliphatic heterocycles. The minimum Gasteiger partial charge on any atom is -0.453 e. The normalized spacial score (nSPS) is 17.9. The van der Waals surface area contributed by atoms with E-state index in [2.05, 4.69) is 0 Å². The molecule has 0 saturated heterocycles. The number of anilines is 1. The Hall–Kier alpha value is -3.65. The number of alkyl halides is 9. The number of ether oxygens (including phenoxy) is 2. The number of fused-ring (bicyclic) bond motifs is 1. The molecular weight excluding hydrogens is 587 g/mol. The highest BCUT2D eigenvalue weighted by Crippen LogP contribution is 2.45. The van der Waals surface area contributed by atoms with Crippen LogP contribution >= 0.6 is 0 Å². The third kappa shape index (κ3) is 7.40. The number of carbonyl (C=O) groups excluding carboxylic acids is 2. The summed E-state index contributed by atoms with van der Waals surface area (Å²) in [5.41, 5.74) is -6.27. The van der Waals surface area contributed by atoms with Gasteiger partial charge in [-0.2, -0.15) is 39.5 Å². The maximum absolute atomic E-state index is 13.6. The molecule has 0 radical (unpaired) electrons. The van der Waals surface area contributed by atoms with Crippen LogP contribution in [0, 0.1) is 0 Å². The second kappa shape index (κ2) is 11.2. The number of nitrogens with zero attached hydrogens (tertiary/aromatic N) is 2. The zero-order chi connectivity index (χ0) is 32.0. The SMILES string of the molecule is COC(=O)N(Cc1cc(C(F)(F)F)cc(C(F)(F)F)c1)C1CC(C)N(C(=O)OC(C)(C)C)c2cc(C(F)(F)F)ccc21. The molecule has 0 spiro atoms. The van der Waals surface area contributed by atoms with Crippen LogP contribution in [0.1, 0.15) is 68.0 Å². The second-order valence-electron chi connectivity index (χ2n) is 10.7. The molecule has 2 amide bonds. The van der Waals surface area contributed by atoms with Crippen LogP contribution in [-0.2, 0) is 34.5 Å². The summed E-state index contributed by atoms with van der Waals surface area (Å²) >= 11 is 0. The summed E-state index contributed by atoms with van der Waals surface area (Å²) in [5, 5.41) is 0. The third-order valence-corrected chi connectivity index (χ3v) is 6.36. The topological polar surface area (TPSA) is 59.1 Å². The summed E-state index contributed by atoms with van der Waals surface area (Å²) < 4.78 is 132. The molecule has 0 bridgehead atoms. The van der Waals surface area contributed by atoms with E-state index in [1.165, 1.54) is 6.92 Å². The third-order valence-electron chi connectivity index (χ3n) is 6.36. The molecule has 1 aliphatic rings. The van der Waals surface area contributed by atoms with E-state index in [9.17, 15) is 49.1 Å². The van der Waals surface area contributed by atoms with E-state index in [4.69, 9.17) is 9.47 Å². The Morgan fingerprint density at radius 2 is 1.38 bits per heavy atom.